The number of hydrogen-bond acceptors (Lipinski definition) is 5. The number of aliphatic hydroxyl groups is 2. The van der Waals surface area contributed by atoms with Crippen LogP contribution in [0.15, 0.2) is 12.4 Å². The zero-order valence-electron chi connectivity index (χ0n) is 13.9. The lowest BCUT2D eigenvalue weighted by Crippen LogP contribution is -2.49. The minimum absolute atomic E-state index is 0.0672. The first-order chi connectivity index (χ1) is 11.0. The van der Waals surface area contributed by atoms with E-state index in [4.69, 9.17) is 4.74 Å². The minimum Gasteiger partial charge on any atom is -0.390 e. The molecule has 0 bridgehead atoms. The summed E-state index contributed by atoms with van der Waals surface area (Å²) >= 11 is 0. The Kier molecular flexibility index (Phi) is 6.56. The molecule has 2 heterocycles. The Morgan fingerprint density at radius 3 is 2.91 bits per heavy atom. The first-order valence-corrected chi connectivity index (χ1v) is 8.22. The predicted molar refractivity (Wildman–Crippen MR) is 84.8 cm³/mol. The smallest absolute Gasteiger partial charge is 0.222 e. The van der Waals surface area contributed by atoms with Crippen molar-refractivity contribution < 1.29 is 19.7 Å². The van der Waals surface area contributed by atoms with Crippen LogP contribution in [0.5, 0.6) is 0 Å². The number of aryl methyl sites for hydroxylation is 2. The van der Waals surface area contributed by atoms with E-state index in [-0.39, 0.29) is 18.4 Å². The van der Waals surface area contributed by atoms with Gasteiger partial charge in [-0.2, -0.15) is 0 Å². The van der Waals surface area contributed by atoms with Crippen LogP contribution in [0, 0.1) is 12.8 Å². The second-order valence-corrected chi connectivity index (χ2v) is 6.06. The summed E-state index contributed by atoms with van der Waals surface area (Å²) in [6, 6.07) is 0. The average Bonchev–Trinajstić information content (AvgIpc) is 2.94. The molecule has 1 aromatic rings. The number of imidazole rings is 1. The summed E-state index contributed by atoms with van der Waals surface area (Å²) in [6.45, 7) is 6.15. The van der Waals surface area contributed by atoms with E-state index in [1.807, 2.05) is 24.6 Å². The van der Waals surface area contributed by atoms with Gasteiger partial charge in [0.15, 0.2) is 0 Å². The highest BCUT2D eigenvalue weighted by Crippen LogP contribution is 2.17. The molecule has 1 amide bonds. The Bertz CT molecular complexity index is 505. The summed E-state index contributed by atoms with van der Waals surface area (Å²) in [5.41, 5.74) is 0. The van der Waals surface area contributed by atoms with Crippen LogP contribution in [0.25, 0.3) is 0 Å². The van der Waals surface area contributed by atoms with Gasteiger partial charge in [-0.1, -0.05) is 0 Å². The number of carbonyl (C=O) groups excluding carboxylic acids is 1. The molecule has 0 unspecified atom stereocenters. The first-order valence-electron chi connectivity index (χ1n) is 8.22. The lowest BCUT2D eigenvalue weighted by molar-refractivity contribution is -0.141. The molecule has 3 atom stereocenters. The van der Waals surface area contributed by atoms with Crippen LogP contribution in [0.2, 0.25) is 0 Å². The molecule has 2 rings (SSSR count). The van der Waals surface area contributed by atoms with E-state index in [2.05, 4.69) is 4.98 Å². The highest BCUT2D eigenvalue weighted by molar-refractivity contribution is 5.76. The van der Waals surface area contributed by atoms with Gasteiger partial charge < -0.3 is 24.4 Å². The Balaban J connectivity index is 1.80. The summed E-state index contributed by atoms with van der Waals surface area (Å²) in [5, 5.41) is 19.7. The maximum absolute atomic E-state index is 12.4. The molecule has 2 N–H and O–H groups in total. The van der Waals surface area contributed by atoms with Crippen LogP contribution in [-0.4, -0.2) is 69.1 Å². The fraction of sp³-hybridized carbons (Fsp3) is 0.750. The number of amides is 1. The van der Waals surface area contributed by atoms with E-state index in [0.29, 0.717) is 26.1 Å². The van der Waals surface area contributed by atoms with Gasteiger partial charge in [-0.05, 0) is 20.3 Å². The van der Waals surface area contributed by atoms with Crippen LogP contribution in [0.4, 0.5) is 0 Å². The number of rotatable bonds is 7. The van der Waals surface area contributed by atoms with Gasteiger partial charge in [-0.3, -0.25) is 4.79 Å². The lowest BCUT2D eigenvalue weighted by atomic mass is 9.96. The van der Waals surface area contributed by atoms with Gasteiger partial charge >= 0.3 is 0 Å². The van der Waals surface area contributed by atoms with E-state index >= 15 is 0 Å². The minimum atomic E-state index is -0.869. The Hall–Kier alpha value is -1.44. The largest absolute Gasteiger partial charge is 0.390 e. The van der Waals surface area contributed by atoms with Gasteiger partial charge in [0, 0.05) is 44.4 Å². The SMILES string of the molecule is CCN(C[C@@H]1COC[C@@H](O)[C@H]1O)C(=O)CCCn1ccnc1C. The van der Waals surface area contributed by atoms with Gasteiger partial charge in [0.1, 0.15) is 11.9 Å². The molecule has 0 aromatic carbocycles. The Labute approximate surface area is 136 Å². The molecule has 130 valence electrons. The van der Waals surface area contributed by atoms with Crippen molar-refractivity contribution >= 4 is 5.91 Å². The van der Waals surface area contributed by atoms with Gasteiger partial charge in [-0.25, -0.2) is 4.98 Å². The molecule has 0 saturated carbocycles. The van der Waals surface area contributed by atoms with Gasteiger partial charge in [0.2, 0.25) is 5.91 Å². The number of nitrogens with zero attached hydrogens (tertiary/aromatic N) is 3. The second-order valence-electron chi connectivity index (χ2n) is 6.06. The Morgan fingerprint density at radius 2 is 2.26 bits per heavy atom. The molecule has 1 fully saturated rings. The fourth-order valence-corrected chi connectivity index (χ4v) is 2.90. The highest BCUT2D eigenvalue weighted by atomic mass is 16.5. The van der Waals surface area contributed by atoms with Gasteiger partial charge in [-0.15, -0.1) is 0 Å². The van der Waals surface area contributed by atoms with Gasteiger partial charge in [0.25, 0.3) is 0 Å². The van der Waals surface area contributed by atoms with Crippen molar-refractivity contribution in [2.24, 2.45) is 5.92 Å². The second kappa shape index (κ2) is 8.42. The predicted octanol–water partition coefficient (Wildman–Crippen LogP) is 0.188. The topological polar surface area (TPSA) is 87.8 Å². The normalized spacial score (nSPS) is 24.6. The zero-order valence-corrected chi connectivity index (χ0v) is 13.9. The van der Waals surface area contributed by atoms with Crippen LogP contribution in [0.3, 0.4) is 0 Å². The average molecular weight is 325 g/mol. The van der Waals surface area contributed by atoms with E-state index in [1.54, 1.807) is 11.1 Å². The third-order valence-electron chi connectivity index (χ3n) is 4.40. The number of aromatic nitrogens is 2. The number of ether oxygens (including phenoxy) is 1. The number of aliphatic hydroxyl groups excluding tert-OH is 2. The van der Waals surface area contributed by atoms with Crippen molar-refractivity contribution in [1.82, 2.24) is 14.5 Å². The zero-order chi connectivity index (χ0) is 16.8. The Morgan fingerprint density at radius 1 is 1.48 bits per heavy atom. The van der Waals surface area contributed by atoms with Crippen molar-refractivity contribution in [3.63, 3.8) is 0 Å². The summed E-state index contributed by atoms with van der Waals surface area (Å²) in [4.78, 5) is 18.3. The maximum atomic E-state index is 12.4. The molecule has 0 radical (unpaired) electrons. The van der Waals surface area contributed by atoms with Crippen molar-refractivity contribution in [2.45, 2.75) is 45.4 Å². The molecule has 23 heavy (non-hydrogen) atoms. The number of hydrogen-bond donors (Lipinski definition) is 2. The van der Waals surface area contributed by atoms with Gasteiger partial charge in [0.05, 0.1) is 19.3 Å². The van der Waals surface area contributed by atoms with E-state index < -0.39 is 12.2 Å². The first kappa shape index (κ1) is 17.9. The quantitative estimate of drug-likeness (QED) is 0.747. The lowest BCUT2D eigenvalue weighted by Gasteiger charge is -2.35. The molecule has 0 spiro atoms. The third-order valence-corrected chi connectivity index (χ3v) is 4.40. The van der Waals surface area contributed by atoms with Crippen LogP contribution >= 0.6 is 0 Å². The van der Waals surface area contributed by atoms with Crippen LogP contribution in [-0.2, 0) is 16.1 Å². The molecule has 1 aromatic heterocycles. The molecule has 7 heteroatoms. The van der Waals surface area contributed by atoms with Crippen molar-refractivity contribution in [3.8, 4) is 0 Å². The maximum Gasteiger partial charge on any atom is 0.222 e. The monoisotopic (exact) mass is 325 g/mol. The molecule has 7 nitrogen and oxygen atoms in total. The van der Waals surface area contributed by atoms with Crippen LogP contribution in [0.1, 0.15) is 25.6 Å². The summed E-state index contributed by atoms with van der Waals surface area (Å²) in [6.07, 6.45) is 3.17. The third kappa shape index (κ3) is 4.76. The highest BCUT2D eigenvalue weighted by Gasteiger charge is 2.33. The molecule has 1 saturated heterocycles. The summed E-state index contributed by atoms with van der Waals surface area (Å²) in [5.74, 6) is 0.775. The van der Waals surface area contributed by atoms with E-state index in [0.717, 1.165) is 18.8 Å². The molecule has 0 aliphatic carbocycles. The van der Waals surface area contributed by atoms with Crippen molar-refractivity contribution in [2.75, 3.05) is 26.3 Å². The van der Waals surface area contributed by atoms with E-state index in [9.17, 15) is 15.0 Å². The molecular formula is C16H27N3O4. The van der Waals surface area contributed by atoms with Crippen molar-refractivity contribution in [1.29, 1.82) is 0 Å². The summed E-state index contributed by atoms with van der Waals surface area (Å²) < 4.78 is 7.30. The van der Waals surface area contributed by atoms with Crippen molar-refractivity contribution in [3.05, 3.63) is 18.2 Å². The number of carbonyl (C=O) groups is 1. The van der Waals surface area contributed by atoms with Crippen LogP contribution < -0.4 is 0 Å². The fourth-order valence-electron chi connectivity index (χ4n) is 2.90. The molecule has 1 aliphatic heterocycles. The molecule has 1 aliphatic rings. The van der Waals surface area contributed by atoms with E-state index in [1.165, 1.54) is 0 Å². The standard InChI is InChI=1S/C16H27N3O4/c1-3-18(9-13-10-23-11-14(20)16(13)22)15(21)5-4-7-19-8-6-17-12(19)2/h6,8,13-14,16,20,22H,3-5,7,9-11H2,1-2H3/t13-,14-,16+/m1/s1. The summed E-state index contributed by atoms with van der Waals surface area (Å²) in [7, 11) is 0. The molecular weight excluding hydrogens is 298 g/mol.